The highest BCUT2D eigenvalue weighted by atomic mass is 32.1. The van der Waals surface area contributed by atoms with Crippen molar-refractivity contribution in [3.8, 4) is 5.75 Å². The first-order valence-corrected chi connectivity index (χ1v) is 8.23. The number of benzene rings is 1. The minimum atomic E-state index is -0.327. The van der Waals surface area contributed by atoms with Gasteiger partial charge in [0.1, 0.15) is 12.3 Å². The summed E-state index contributed by atoms with van der Waals surface area (Å²) in [6.45, 7) is 4.13. The Kier molecular flexibility index (Phi) is 4.57. The molecule has 0 radical (unpaired) electrons. The molecule has 0 unspecified atom stereocenters. The minimum Gasteiger partial charge on any atom is -0.494 e. The fourth-order valence-corrected chi connectivity index (χ4v) is 3.07. The van der Waals surface area contributed by atoms with Gasteiger partial charge in [0.25, 0.3) is 5.56 Å². The summed E-state index contributed by atoms with van der Waals surface area (Å²) in [4.78, 5) is 32.3. The second-order valence-corrected chi connectivity index (χ2v) is 6.16. The van der Waals surface area contributed by atoms with Crippen LogP contribution in [0.15, 0.2) is 35.4 Å². The number of carbonyl (C=O) groups excluding carboxylic acids is 1. The predicted molar refractivity (Wildman–Crippen MR) is 92.7 cm³/mol. The van der Waals surface area contributed by atoms with Crippen molar-refractivity contribution in [2.45, 2.75) is 20.4 Å². The molecule has 0 aliphatic heterocycles. The summed E-state index contributed by atoms with van der Waals surface area (Å²) < 4.78 is 7.63. The van der Waals surface area contributed by atoms with Crippen LogP contribution in [0.5, 0.6) is 5.75 Å². The molecule has 0 atom stereocenters. The Hall–Kier alpha value is -2.74. The van der Waals surface area contributed by atoms with Gasteiger partial charge in [-0.15, -0.1) is 0 Å². The molecule has 2 aromatic heterocycles. The molecule has 124 valence electrons. The fraction of sp³-hybridized carbons (Fsp3) is 0.250. The maximum Gasteiger partial charge on any atom is 0.253 e. The lowest BCUT2D eigenvalue weighted by atomic mass is 10.3. The zero-order valence-electron chi connectivity index (χ0n) is 13.3. The number of nitrogens with zero attached hydrogens (tertiary/aromatic N) is 3. The Balaban J connectivity index is 1.74. The van der Waals surface area contributed by atoms with Crippen LogP contribution in [0.3, 0.4) is 0 Å². The van der Waals surface area contributed by atoms with Crippen LogP contribution in [0.2, 0.25) is 0 Å². The number of amides is 1. The van der Waals surface area contributed by atoms with Gasteiger partial charge in [0, 0.05) is 11.8 Å². The van der Waals surface area contributed by atoms with E-state index in [0.717, 1.165) is 16.0 Å². The number of fused-ring (bicyclic) bond motifs is 1. The molecule has 8 heteroatoms. The van der Waals surface area contributed by atoms with Crippen LogP contribution in [0.4, 0.5) is 5.13 Å². The van der Waals surface area contributed by atoms with Gasteiger partial charge in [0.15, 0.2) is 5.13 Å². The molecule has 1 aromatic carbocycles. The van der Waals surface area contributed by atoms with E-state index < -0.39 is 0 Å². The van der Waals surface area contributed by atoms with Gasteiger partial charge in [-0.3, -0.25) is 14.2 Å². The predicted octanol–water partition coefficient (Wildman–Crippen LogP) is 2.20. The maximum atomic E-state index is 12.1. The molecular formula is C16H16N4O3S. The Bertz CT molecular complexity index is 948. The summed E-state index contributed by atoms with van der Waals surface area (Å²) in [5.41, 5.74) is 1.14. The van der Waals surface area contributed by atoms with Crippen molar-refractivity contribution >= 4 is 32.6 Å². The lowest BCUT2D eigenvalue weighted by molar-refractivity contribution is -0.116. The van der Waals surface area contributed by atoms with Crippen molar-refractivity contribution in [3.63, 3.8) is 0 Å². The number of aromatic nitrogens is 3. The smallest absolute Gasteiger partial charge is 0.253 e. The average molecular weight is 344 g/mol. The molecule has 0 saturated heterocycles. The van der Waals surface area contributed by atoms with Crippen LogP contribution < -0.4 is 15.6 Å². The molecule has 0 fully saturated rings. The highest BCUT2D eigenvalue weighted by Crippen LogP contribution is 2.29. The number of rotatable bonds is 5. The molecule has 0 bridgehead atoms. The Morgan fingerprint density at radius 1 is 1.38 bits per heavy atom. The summed E-state index contributed by atoms with van der Waals surface area (Å²) in [5, 5.41) is 3.20. The van der Waals surface area contributed by atoms with E-state index in [1.54, 1.807) is 6.92 Å². The lowest BCUT2D eigenvalue weighted by Crippen LogP contribution is -2.27. The number of ether oxygens (including phenoxy) is 1. The summed E-state index contributed by atoms with van der Waals surface area (Å²) >= 11 is 1.36. The van der Waals surface area contributed by atoms with Gasteiger partial charge in [-0.1, -0.05) is 11.3 Å². The van der Waals surface area contributed by atoms with Gasteiger partial charge in [-0.2, -0.15) is 0 Å². The lowest BCUT2D eigenvalue weighted by Gasteiger charge is -2.04. The van der Waals surface area contributed by atoms with Crippen LogP contribution in [0.25, 0.3) is 10.2 Å². The van der Waals surface area contributed by atoms with Crippen molar-refractivity contribution in [2.24, 2.45) is 0 Å². The molecular weight excluding hydrogens is 328 g/mol. The Labute approximate surface area is 141 Å². The van der Waals surface area contributed by atoms with Crippen LogP contribution >= 0.6 is 11.3 Å². The van der Waals surface area contributed by atoms with Crippen molar-refractivity contribution in [3.05, 3.63) is 46.6 Å². The molecule has 0 spiro atoms. The van der Waals surface area contributed by atoms with Gasteiger partial charge >= 0.3 is 0 Å². The van der Waals surface area contributed by atoms with E-state index >= 15 is 0 Å². The zero-order chi connectivity index (χ0) is 17.1. The standard InChI is InChI=1S/C16H16N4O3S/c1-3-23-11-4-5-12-13(7-11)24-16(18-12)19-14(21)8-20-9-17-10(2)6-15(20)22/h4-7,9H,3,8H2,1-2H3,(H,18,19,21). The van der Waals surface area contributed by atoms with Crippen LogP contribution in [-0.4, -0.2) is 27.0 Å². The summed E-state index contributed by atoms with van der Waals surface area (Å²) in [6.07, 6.45) is 1.37. The Morgan fingerprint density at radius 2 is 2.21 bits per heavy atom. The SMILES string of the molecule is CCOc1ccc2nc(NC(=O)Cn3cnc(C)cc3=O)sc2c1. The molecule has 1 amide bonds. The Morgan fingerprint density at radius 3 is 2.96 bits per heavy atom. The summed E-state index contributed by atoms with van der Waals surface area (Å²) in [6, 6.07) is 6.97. The topological polar surface area (TPSA) is 86.1 Å². The van der Waals surface area contributed by atoms with Crippen LogP contribution in [-0.2, 0) is 11.3 Å². The fourth-order valence-electron chi connectivity index (χ4n) is 2.16. The number of carbonyl (C=O) groups is 1. The van der Waals surface area contributed by atoms with Crippen molar-refractivity contribution in [1.29, 1.82) is 0 Å². The van der Waals surface area contributed by atoms with E-state index in [4.69, 9.17) is 4.74 Å². The number of aryl methyl sites for hydroxylation is 1. The number of thiazole rings is 1. The van der Waals surface area contributed by atoms with E-state index in [0.29, 0.717) is 17.4 Å². The van der Waals surface area contributed by atoms with E-state index in [1.165, 1.54) is 28.3 Å². The van der Waals surface area contributed by atoms with Gasteiger partial charge in [-0.05, 0) is 32.0 Å². The molecule has 3 rings (SSSR count). The van der Waals surface area contributed by atoms with E-state index in [-0.39, 0.29) is 18.0 Å². The zero-order valence-corrected chi connectivity index (χ0v) is 14.1. The van der Waals surface area contributed by atoms with Gasteiger partial charge in [0.2, 0.25) is 5.91 Å². The first-order chi connectivity index (χ1) is 11.5. The molecule has 2 heterocycles. The number of hydrogen-bond acceptors (Lipinski definition) is 6. The highest BCUT2D eigenvalue weighted by molar-refractivity contribution is 7.22. The van der Waals surface area contributed by atoms with Gasteiger partial charge < -0.3 is 10.1 Å². The summed E-state index contributed by atoms with van der Waals surface area (Å²) in [7, 11) is 0. The second kappa shape index (κ2) is 6.79. The second-order valence-electron chi connectivity index (χ2n) is 5.13. The van der Waals surface area contributed by atoms with Crippen LogP contribution in [0.1, 0.15) is 12.6 Å². The number of nitrogens with one attached hydrogen (secondary N) is 1. The third-order valence-electron chi connectivity index (χ3n) is 3.25. The van der Waals surface area contributed by atoms with Gasteiger partial charge in [-0.25, -0.2) is 9.97 Å². The third kappa shape index (κ3) is 3.60. The maximum absolute atomic E-state index is 12.1. The quantitative estimate of drug-likeness (QED) is 0.767. The molecule has 24 heavy (non-hydrogen) atoms. The summed E-state index contributed by atoms with van der Waals surface area (Å²) in [5.74, 6) is 0.440. The number of anilines is 1. The van der Waals surface area contributed by atoms with Gasteiger partial charge in [0.05, 0.1) is 23.2 Å². The van der Waals surface area contributed by atoms with E-state index in [9.17, 15) is 9.59 Å². The molecule has 3 aromatic rings. The molecule has 0 saturated carbocycles. The highest BCUT2D eigenvalue weighted by Gasteiger charge is 2.10. The largest absolute Gasteiger partial charge is 0.494 e. The minimum absolute atomic E-state index is 0.105. The van der Waals surface area contributed by atoms with Crippen molar-refractivity contribution < 1.29 is 9.53 Å². The van der Waals surface area contributed by atoms with E-state index in [1.807, 2.05) is 25.1 Å². The number of hydrogen-bond donors (Lipinski definition) is 1. The van der Waals surface area contributed by atoms with Crippen molar-refractivity contribution in [1.82, 2.24) is 14.5 Å². The molecule has 1 N–H and O–H groups in total. The van der Waals surface area contributed by atoms with Crippen LogP contribution in [0, 0.1) is 6.92 Å². The third-order valence-corrected chi connectivity index (χ3v) is 4.18. The van der Waals surface area contributed by atoms with E-state index in [2.05, 4.69) is 15.3 Å². The monoisotopic (exact) mass is 344 g/mol. The normalized spacial score (nSPS) is 10.8. The molecule has 0 aliphatic rings. The molecule has 7 nitrogen and oxygen atoms in total. The first-order valence-electron chi connectivity index (χ1n) is 7.41. The van der Waals surface area contributed by atoms with Crippen molar-refractivity contribution in [2.75, 3.05) is 11.9 Å². The first kappa shape index (κ1) is 16.1. The molecule has 0 aliphatic carbocycles. The average Bonchev–Trinajstić information content (AvgIpc) is 2.92.